The molecule has 3 aromatic rings. The Morgan fingerprint density at radius 2 is 1.78 bits per heavy atom. The summed E-state index contributed by atoms with van der Waals surface area (Å²) in [6.07, 6.45) is -0.253. The number of benzene rings is 2. The second-order valence-electron chi connectivity index (χ2n) is 4.86. The number of aliphatic carboxylic acids is 1. The van der Waals surface area contributed by atoms with Crippen LogP contribution in [0.2, 0.25) is 0 Å². The zero-order chi connectivity index (χ0) is 16.2. The van der Waals surface area contributed by atoms with E-state index in [4.69, 9.17) is 14.7 Å². The Hall–Kier alpha value is -2.57. The molecule has 2 aromatic carbocycles. The molecule has 0 bridgehead atoms. The molecule has 0 unspecified atom stereocenters. The molecular weight excluding hydrogens is 312 g/mol. The summed E-state index contributed by atoms with van der Waals surface area (Å²) in [4.78, 5) is 16.2. The number of oxazole rings is 1. The second-order valence-corrected chi connectivity index (χ2v) is 5.57. The molecule has 0 fully saturated rings. The largest absolute Gasteiger partial charge is 0.481 e. The maximum absolute atomic E-state index is 10.9. The van der Waals surface area contributed by atoms with Gasteiger partial charge in [0.05, 0.1) is 0 Å². The number of carboxylic acids is 1. The number of nitrogens with two attached hydrogens (primary N) is 1. The Morgan fingerprint density at radius 1 is 1.09 bits per heavy atom. The molecule has 0 aliphatic rings. The van der Waals surface area contributed by atoms with Crippen LogP contribution in [0.15, 0.2) is 63.9 Å². The zero-order valence-electron chi connectivity index (χ0n) is 12.1. The monoisotopic (exact) mass is 326 g/mol. The lowest BCUT2D eigenvalue weighted by Gasteiger charge is -2.02. The van der Waals surface area contributed by atoms with E-state index in [1.807, 2.05) is 54.6 Å². The summed E-state index contributed by atoms with van der Waals surface area (Å²) in [6, 6.07) is 17.1. The van der Waals surface area contributed by atoms with E-state index in [0.29, 0.717) is 11.5 Å². The molecule has 5 nitrogen and oxygen atoms in total. The van der Waals surface area contributed by atoms with Gasteiger partial charge in [-0.25, -0.2) is 4.98 Å². The lowest BCUT2D eigenvalue weighted by molar-refractivity contribution is -0.136. The van der Waals surface area contributed by atoms with Crippen molar-refractivity contribution in [3.05, 3.63) is 60.5 Å². The second kappa shape index (κ2) is 6.68. The molecule has 23 heavy (non-hydrogen) atoms. The third-order valence-corrected chi connectivity index (χ3v) is 3.82. The molecule has 0 saturated carbocycles. The van der Waals surface area contributed by atoms with E-state index in [1.165, 1.54) is 0 Å². The number of hydrogen-bond acceptors (Lipinski definition) is 5. The Morgan fingerprint density at radius 3 is 2.39 bits per heavy atom. The highest BCUT2D eigenvalue weighted by molar-refractivity contribution is 7.97. The van der Waals surface area contributed by atoms with Crippen LogP contribution < -0.4 is 5.14 Å². The van der Waals surface area contributed by atoms with Gasteiger partial charge >= 0.3 is 5.97 Å². The number of aromatic nitrogens is 1. The molecule has 116 valence electrons. The van der Waals surface area contributed by atoms with Crippen LogP contribution in [-0.4, -0.2) is 16.1 Å². The number of hydrogen-bond donors (Lipinski definition) is 2. The summed E-state index contributed by atoms with van der Waals surface area (Å²) in [5.41, 5.74) is 2.33. The SMILES string of the molecule is NSc1ccc(-c2oc(CC(=O)O)nc2-c2ccccc2)cc1. The van der Waals surface area contributed by atoms with Crippen LogP contribution >= 0.6 is 11.9 Å². The Kier molecular flexibility index (Phi) is 4.45. The summed E-state index contributed by atoms with van der Waals surface area (Å²) in [5.74, 6) is -0.239. The van der Waals surface area contributed by atoms with Gasteiger partial charge in [0, 0.05) is 16.0 Å². The molecule has 0 atom stereocenters. The molecule has 0 aliphatic heterocycles. The Labute approximate surface area is 137 Å². The molecule has 1 aromatic heterocycles. The first-order valence-corrected chi connectivity index (χ1v) is 7.79. The van der Waals surface area contributed by atoms with Crippen molar-refractivity contribution in [2.24, 2.45) is 5.14 Å². The molecule has 0 saturated heterocycles. The topological polar surface area (TPSA) is 89.3 Å². The minimum atomic E-state index is -0.979. The van der Waals surface area contributed by atoms with E-state index in [1.54, 1.807) is 0 Å². The molecular formula is C17H14N2O3S. The molecule has 0 spiro atoms. The third kappa shape index (κ3) is 3.44. The van der Waals surface area contributed by atoms with Crippen molar-refractivity contribution in [1.29, 1.82) is 0 Å². The van der Waals surface area contributed by atoms with Crippen LogP contribution in [0.3, 0.4) is 0 Å². The fraction of sp³-hybridized carbons (Fsp3) is 0.0588. The quantitative estimate of drug-likeness (QED) is 0.696. The minimum absolute atomic E-state index is 0.184. The summed E-state index contributed by atoms with van der Waals surface area (Å²) in [5, 5.41) is 14.5. The average Bonchev–Trinajstić information content (AvgIpc) is 2.99. The summed E-state index contributed by atoms with van der Waals surface area (Å²) >= 11 is 1.16. The van der Waals surface area contributed by atoms with Gasteiger partial charge in [-0.1, -0.05) is 30.3 Å². The van der Waals surface area contributed by atoms with Crippen molar-refractivity contribution in [1.82, 2.24) is 4.98 Å². The Balaban J connectivity index is 2.09. The molecule has 3 N–H and O–H groups in total. The van der Waals surface area contributed by atoms with Crippen LogP contribution in [0, 0.1) is 0 Å². The van der Waals surface area contributed by atoms with Crippen molar-refractivity contribution < 1.29 is 14.3 Å². The van der Waals surface area contributed by atoms with Crippen LogP contribution in [0.5, 0.6) is 0 Å². The molecule has 3 rings (SSSR count). The average molecular weight is 326 g/mol. The molecule has 0 aliphatic carbocycles. The van der Waals surface area contributed by atoms with Crippen LogP contribution in [0.4, 0.5) is 0 Å². The molecule has 0 radical (unpaired) electrons. The van der Waals surface area contributed by atoms with Crippen molar-refractivity contribution in [2.45, 2.75) is 11.3 Å². The fourth-order valence-electron chi connectivity index (χ4n) is 2.24. The lowest BCUT2D eigenvalue weighted by atomic mass is 10.1. The first-order valence-electron chi connectivity index (χ1n) is 6.91. The smallest absolute Gasteiger partial charge is 0.312 e. The molecule has 1 heterocycles. The van der Waals surface area contributed by atoms with Gasteiger partial charge in [0.25, 0.3) is 0 Å². The van der Waals surface area contributed by atoms with Gasteiger partial charge in [-0.2, -0.15) is 0 Å². The van der Waals surface area contributed by atoms with Crippen molar-refractivity contribution in [3.63, 3.8) is 0 Å². The highest BCUT2D eigenvalue weighted by Gasteiger charge is 2.18. The van der Waals surface area contributed by atoms with Gasteiger partial charge in [-0.15, -0.1) is 0 Å². The normalized spacial score (nSPS) is 10.7. The predicted octanol–water partition coefficient (Wildman–Crippen LogP) is 3.60. The third-order valence-electron chi connectivity index (χ3n) is 3.27. The predicted molar refractivity (Wildman–Crippen MR) is 88.8 cm³/mol. The van der Waals surface area contributed by atoms with Crippen molar-refractivity contribution >= 4 is 17.9 Å². The zero-order valence-corrected chi connectivity index (χ0v) is 12.9. The van der Waals surface area contributed by atoms with Crippen molar-refractivity contribution in [3.8, 4) is 22.6 Å². The van der Waals surface area contributed by atoms with Gasteiger partial charge in [0.1, 0.15) is 12.1 Å². The minimum Gasteiger partial charge on any atom is -0.481 e. The number of carbonyl (C=O) groups is 1. The summed E-state index contributed by atoms with van der Waals surface area (Å²) in [6.45, 7) is 0. The highest BCUT2D eigenvalue weighted by Crippen LogP contribution is 2.33. The Bertz CT molecular complexity index is 814. The fourth-order valence-corrected chi connectivity index (χ4v) is 2.53. The van der Waals surface area contributed by atoms with Gasteiger partial charge < -0.3 is 9.52 Å². The van der Waals surface area contributed by atoms with Gasteiger partial charge in [0.2, 0.25) is 5.89 Å². The maximum Gasteiger partial charge on any atom is 0.312 e. The standard InChI is InChI=1S/C17H14N2O3S/c18-23-13-8-6-12(7-9-13)17-16(11-4-2-1-3-5-11)19-14(22-17)10-15(20)21/h1-9H,10,18H2,(H,20,21). The van der Waals surface area contributed by atoms with E-state index >= 15 is 0 Å². The maximum atomic E-state index is 10.9. The van der Waals surface area contributed by atoms with Gasteiger partial charge in [0.15, 0.2) is 5.76 Å². The van der Waals surface area contributed by atoms with E-state index in [-0.39, 0.29) is 12.3 Å². The molecule has 6 heteroatoms. The van der Waals surface area contributed by atoms with E-state index < -0.39 is 5.97 Å². The summed E-state index contributed by atoms with van der Waals surface area (Å²) < 4.78 is 5.71. The van der Waals surface area contributed by atoms with E-state index in [9.17, 15) is 4.79 Å². The van der Waals surface area contributed by atoms with E-state index in [0.717, 1.165) is 28.0 Å². The first-order chi connectivity index (χ1) is 11.2. The number of nitrogens with zero attached hydrogens (tertiary/aromatic N) is 1. The van der Waals surface area contributed by atoms with Crippen LogP contribution in [-0.2, 0) is 11.2 Å². The first kappa shape index (κ1) is 15.3. The lowest BCUT2D eigenvalue weighted by Crippen LogP contribution is -1.99. The van der Waals surface area contributed by atoms with E-state index in [2.05, 4.69) is 4.98 Å². The van der Waals surface area contributed by atoms with Crippen LogP contribution in [0.1, 0.15) is 5.89 Å². The van der Waals surface area contributed by atoms with Gasteiger partial charge in [-0.05, 0) is 36.2 Å². The summed E-state index contributed by atoms with van der Waals surface area (Å²) in [7, 11) is 0. The number of carboxylic acid groups (broad SMARTS) is 1. The van der Waals surface area contributed by atoms with Gasteiger partial charge in [-0.3, -0.25) is 9.93 Å². The van der Waals surface area contributed by atoms with Crippen molar-refractivity contribution in [2.75, 3.05) is 0 Å². The highest BCUT2D eigenvalue weighted by atomic mass is 32.2. The molecule has 0 amide bonds. The van der Waals surface area contributed by atoms with Crippen LogP contribution in [0.25, 0.3) is 22.6 Å². The number of rotatable bonds is 5.